The van der Waals surface area contributed by atoms with Crippen LogP contribution in [-0.4, -0.2) is 64.3 Å². The van der Waals surface area contributed by atoms with Crippen LogP contribution in [0.25, 0.3) is 0 Å². The van der Waals surface area contributed by atoms with E-state index < -0.39 is 0 Å². The molecule has 0 saturated carbocycles. The van der Waals surface area contributed by atoms with Crippen LogP contribution in [0.3, 0.4) is 0 Å². The SMILES string of the molecule is CC(C)(CCSCCCSCCC(C)(C)c1nnn[nH]1)c1nnn[nH]1. The van der Waals surface area contributed by atoms with E-state index in [1.54, 1.807) is 0 Å². The fourth-order valence-corrected chi connectivity index (χ4v) is 4.85. The van der Waals surface area contributed by atoms with Gasteiger partial charge in [0.05, 0.1) is 0 Å². The topological polar surface area (TPSA) is 109 Å². The number of rotatable bonds is 12. The predicted octanol–water partition coefficient (Wildman–Crippen LogP) is 2.60. The van der Waals surface area contributed by atoms with Gasteiger partial charge in [0.25, 0.3) is 0 Å². The summed E-state index contributed by atoms with van der Waals surface area (Å²) in [6, 6.07) is 0. The van der Waals surface area contributed by atoms with E-state index in [4.69, 9.17) is 0 Å². The summed E-state index contributed by atoms with van der Waals surface area (Å²) in [5, 5.41) is 28.5. The van der Waals surface area contributed by atoms with E-state index in [2.05, 4.69) is 68.9 Å². The van der Waals surface area contributed by atoms with Crippen LogP contribution in [0.5, 0.6) is 0 Å². The largest absolute Gasteiger partial charge is 0.242 e. The molecule has 0 aliphatic carbocycles. The number of H-pyrrole nitrogens is 2. The first-order valence-electron chi connectivity index (χ1n) is 8.56. The Morgan fingerprint density at radius 3 is 1.52 bits per heavy atom. The maximum absolute atomic E-state index is 4.03. The lowest BCUT2D eigenvalue weighted by molar-refractivity contribution is 0.477. The molecule has 0 amide bonds. The number of aromatic nitrogens is 8. The molecule has 2 aromatic heterocycles. The Hall–Kier alpha value is -1.16. The molecule has 2 heterocycles. The van der Waals surface area contributed by atoms with Gasteiger partial charge in [-0.2, -0.15) is 23.5 Å². The highest BCUT2D eigenvalue weighted by molar-refractivity contribution is 8.00. The van der Waals surface area contributed by atoms with E-state index >= 15 is 0 Å². The van der Waals surface area contributed by atoms with E-state index in [9.17, 15) is 0 Å². The van der Waals surface area contributed by atoms with Gasteiger partial charge in [-0.1, -0.05) is 27.7 Å². The normalized spacial score (nSPS) is 12.6. The Balaban J connectivity index is 1.49. The van der Waals surface area contributed by atoms with Crippen molar-refractivity contribution < 1.29 is 0 Å². The van der Waals surface area contributed by atoms with E-state index in [0.717, 1.165) is 36.0 Å². The summed E-state index contributed by atoms with van der Waals surface area (Å²) in [6.07, 6.45) is 3.38. The smallest absolute Gasteiger partial charge is 0.154 e. The number of hydrogen-bond acceptors (Lipinski definition) is 8. The second-order valence-electron chi connectivity index (χ2n) is 7.35. The van der Waals surface area contributed by atoms with Crippen molar-refractivity contribution in [2.24, 2.45) is 0 Å². The Kier molecular flexibility index (Phi) is 7.67. The lowest BCUT2D eigenvalue weighted by atomic mass is 9.89. The summed E-state index contributed by atoms with van der Waals surface area (Å²) in [4.78, 5) is 0. The predicted molar refractivity (Wildman–Crippen MR) is 103 cm³/mol. The molecular formula is C15H28N8S2. The quantitative estimate of drug-likeness (QED) is 0.538. The maximum Gasteiger partial charge on any atom is 0.154 e. The average Bonchev–Trinajstić information content (AvgIpc) is 3.26. The first kappa shape index (κ1) is 20.2. The van der Waals surface area contributed by atoms with Crippen molar-refractivity contribution in [1.82, 2.24) is 41.2 Å². The van der Waals surface area contributed by atoms with Gasteiger partial charge in [0.2, 0.25) is 0 Å². The molecular weight excluding hydrogens is 356 g/mol. The van der Waals surface area contributed by atoms with Crippen LogP contribution in [-0.2, 0) is 10.8 Å². The molecule has 0 aliphatic rings. The zero-order valence-electron chi connectivity index (χ0n) is 15.4. The highest BCUT2D eigenvalue weighted by atomic mass is 32.2. The lowest BCUT2D eigenvalue weighted by Crippen LogP contribution is -2.20. The van der Waals surface area contributed by atoms with E-state index in [0.29, 0.717) is 0 Å². The molecule has 25 heavy (non-hydrogen) atoms. The van der Waals surface area contributed by atoms with Crippen molar-refractivity contribution in [3.8, 4) is 0 Å². The number of nitrogens with zero attached hydrogens (tertiary/aromatic N) is 6. The summed E-state index contributed by atoms with van der Waals surface area (Å²) in [5.41, 5.74) is 0.0127. The summed E-state index contributed by atoms with van der Waals surface area (Å²) in [7, 11) is 0. The summed E-state index contributed by atoms with van der Waals surface area (Å²) < 4.78 is 0. The summed E-state index contributed by atoms with van der Waals surface area (Å²) >= 11 is 4.02. The van der Waals surface area contributed by atoms with Crippen molar-refractivity contribution in [2.45, 2.75) is 57.8 Å². The molecule has 140 valence electrons. The molecule has 0 spiro atoms. The Labute approximate surface area is 157 Å². The van der Waals surface area contributed by atoms with Gasteiger partial charge in [0, 0.05) is 10.8 Å². The number of hydrogen-bond donors (Lipinski definition) is 2. The number of thioether (sulfide) groups is 2. The third kappa shape index (κ3) is 6.58. The van der Waals surface area contributed by atoms with Crippen molar-refractivity contribution in [3.63, 3.8) is 0 Å². The molecule has 0 saturated heterocycles. The first-order chi connectivity index (χ1) is 11.9. The second kappa shape index (κ2) is 9.51. The molecule has 0 unspecified atom stereocenters. The third-order valence-corrected chi connectivity index (χ3v) is 6.43. The lowest BCUT2D eigenvalue weighted by Gasteiger charge is -2.20. The summed E-state index contributed by atoms with van der Waals surface area (Å²) in [5.74, 6) is 6.40. The Morgan fingerprint density at radius 1 is 0.720 bits per heavy atom. The minimum atomic E-state index is 0.00635. The van der Waals surface area contributed by atoms with Gasteiger partial charge < -0.3 is 0 Å². The zero-order valence-corrected chi connectivity index (χ0v) is 17.1. The molecule has 2 rings (SSSR count). The van der Waals surface area contributed by atoms with Crippen LogP contribution < -0.4 is 0 Å². The van der Waals surface area contributed by atoms with Crippen LogP contribution in [0, 0.1) is 0 Å². The monoisotopic (exact) mass is 384 g/mol. The maximum atomic E-state index is 4.03. The molecule has 10 heteroatoms. The van der Waals surface area contributed by atoms with Gasteiger partial charge in [0.1, 0.15) is 0 Å². The number of tetrazole rings is 2. The van der Waals surface area contributed by atoms with Gasteiger partial charge in [-0.05, 0) is 63.1 Å². The third-order valence-electron chi connectivity index (χ3n) is 4.29. The van der Waals surface area contributed by atoms with Crippen molar-refractivity contribution in [3.05, 3.63) is 11.6 Å². The molecule has 2 N–H and O–H groups in total. The fraction of sp³-hybridized carbons (Fsp3) is 0.867. The fourth-order valence-electron chi connectivity index (χ4n) is 2.25. The van der Waals surface area contributed by atoms with Crippen molar-refractivity contribution >= 4 is 23.5 Å². The highest BCUT2D eigenvalue weighted by Crippen LogP contribution is 2.26. The first-order valence-corrected chi connectivity index (χ1v) is 10.9. The molecule has 0 aromatic carbocycles. The van der Waals surface area contributed by atoms with Crippen LogP contribution >= 0.6 is 23.5 Å². The van der Waals surface area contributed by atoms with Crippen LogP contribution in [0.1, 0.15) is 58.6 Å². The van der Waals surface area contributed by atoms with E-state index in [1.165, 1.54) is 17.9 Å². The van der Waals surface area contributed by atoms with Crippen molar-refractivity contribution in [1.29, 1.82) is 0 Å². The molecule has 0 radical (unpaired) electrons. The van der Waals surface area contributed by atoms with Crippen LogP contribution in [0.15, 0.2) is 0 Å². The highest BCUT2D eigenvalue weighted by Gasteiger charge is 2.24. The molecule has 0 atom stereocenters. The van der Waals surface area contributed by atoms with Gasteiger partial charge in [-0.25, -0.2) is 10.2 Å². The molecule has 0 fully saturated rings. The van der Waals surface area contributed by atoms with Gasteiger partial charge in [-0.15, -0.1) is 10.2 Å². The zero-order chi connectivity index (χ0) is 18.2. The van der Waals surface area contributed by atoms with E-state index in [-0.39, 0.29) is 10.8 Å². The Morgan fingerprint density at radius 2 is 1.16 bits per heavy atom. The molecule has 2 aromatic rings. The number of nitrogens with one attached hydrogen (secondary N) is 2. The van der Waals surface area contributed by atoms with Crippen molar-refractivity contribution in [2.75, 3.05) is 23.0 Å². The van der Waals surface area contributed by atoms with E-state index in [1.807, 2.05) is 23.5 Å². The van der Waals surface area contributed by atoms with Crippen LogP contribution in [0.2, 0.25) is 0 Å². The van der Waals surface area contributed by atoms with Gasteiger partial charge in [0.15, 0.2) is 11.6 Å². The molecule has 8 nitrogen and oxygen atoms in total. The second-order valence-corrected chi connectivity index (χ2v) is 9.80. The average molecular weight is 385 g/mol. The Bertz CT molecular complexity index is 530. The minimum absolute atomic E-state index is 0.00635. The molecule has 0 aliphatic heterocycles. The number of aromatic amines is 2. The molecule has 0 bridgehead atoms. The van der Waals surface area contributed by atoms with Gasteiger partial charge >= 0.3 is 0 Å². The summed E-state index contributed by atoms with van der Waals surface area (Å²) in [6.45, 7) is 8.71. The van der Waals surface area contributed by atoms with Gasteiger partial charge in [-0.3, -0.25) is 0 Å². The van der Waals surface area contributed by atoms with Crippen LogP contribution in [0.4, 0.5) is 0 Å². The minimum Gasteiger partial charge on any atom is -0.242 e. The standard InChI is InChI=1S/C15H28N8S2/c1-14(2,12-16-20-21-17-12)6-10-24-8-5-9-25-11-7-15(3,4)13-18-22-23-19-13/h5-11H2,1-4H3,(H,16,17,20,21)(H,18,19,22,23).